The van der Waals surface area contributed by atoms with Crippen LogP contribution in [0.5, 0.6) is 0 Å². The summed E-state index contributed by atoms with van der Waals surface area (Å²) in [5.74, 6) is 0. The van der Waals surface area contributed by atoms with Gasteiger partial charge in [-0.3, -0.25) is 4.98 Å². The van der Waals surface area contributed by atoms with Crippen molar-refractivity contribution in [3.8, 4) is 6.07 Å². The maximum atomic E-state index is 8.64. The van der Waals surface area contributed by atoms with Gasteiger partial charge in [0.05, 0.1) is 5.56 Å². The first-order valence-corrected chi connectivity index (χ1v) is 4.38. The highest BCUT2D eigenvalue weighted by Crippen LogP contribution is 2.15. The molecule has 1 aromatic rings. The zero-order valence-corrected chi connectivity index (χ0v) is 7.70. The molecule has 0 unspecified atom stereocenters. The molecule has 0 saturated heterocycles. The van der Waals surface area contributed by atoms with Crippen LogP contribution in [0.3, 0.4) is 0 Å². The molecule has 0 aliphatic carbocycles. The molecule has 0 amide bonds. The smallest absolute Gasteiger partial charge is 0.101 e. The second kappa shape index (κ2) is 4.58. The number of aromatic nitrogens is 1. The third-order valence-electron chi connectivity index (χ3n) is 1.92. The predicted octanol–water partition coefficient (Wildman–Crippen LogP) is 1.75. The molecular formula is C10H13N3. The van der Waals surface area contributed by atoms with E-state index >= 15 is 0 Å². The highest BCUT2D eigenvalue weighted by Gasteiger charge is 2.05. The molecule has 1 atom stereocenters. The molecule has 68 valence electrons. The van der Waals surface area contributed by atoms with Gasteiger partial charge in [0.1, 0.15) is 6.07 Å². The summed E-state index contributed by atoms with van der Waals surface area (Å²) in [4.78, 5) is 3.96. The topological polar surface area (TPSA) is 62.7 Å². The van der Waals surface area contributed by atoms with Crippen LogP contribution >= 0.6 is 0 Å². The molecule has 0 aliphatic rings. The van der Waals surface area contributed by atoms with Crippen molar-refractivity contribution in [3.63, 3.8) is 0 Å². The van der Waals surface area contributed by atoms with E-state index in [1.807, 2.05) is 6.07 Å². The molecule has 1 heterocycles. The molecule has 3 nitrogen and oxygen atoms in total. The minimum Gasteiger partial charge on any atom is -0.324 e. The minimum atomic E-state index is 0.00537. The van der Waals surface area contributed by atoms with E-state index in [4.69, 9.17) is 11.0 Å². The van der Waals surface area contributed by atoms with Gasteiger partial charge in [-0.15, -0.1) is 0 Å². The fourth-order valence-electron chi connectivity index (χ4n) is 1.20. The van der Waals surface area contributed by atoms with Crippen LogP contribution < -0.4 is 5.73 Å². The maximum absolute atomic E-state index is 8.64. The van der Waals surface area contributed by atoms with Crippen molar-refractivity contribution in [2.24, 2.45) is 5.73 Å². The van der Waals surface area contributed by atoms with Gasteiger partial charge in [0.25, 0.3) is 0 Å². The lowest BCUT2D eigenvalue weighted by atomic mass is 10.0. The van der Waals surface area contributed by atoms with E-state index in [9.17, 15) is 0 Å². The number of pyridine rings is 1. The van der Waals surface area contributed by atoms with Gasteiger partial charge in [0.15, 0.2) is 0 Å². The lowest BCUT2D eigenvalue weighted by Gasteiger charge is -2.09. The second-order valence-corrected chi connectivity index (χ2v) is 3.01. The fraction of sp³-hybridized carbons (Fsp3) is 0.400. The number of nitrogens with zero attached hydrogens (tertiary/aromatic N) is 2. The number of nitrogens with two attached hydrogens (primary N) is 1. The van der Waals surface area contributed by atoms with Crippen molar-refractivity contribution in [1.82, 2.24) is 4.98 Å². The van der Waals surface area contributed by atoms with Crippen LogP contribution in [0, 0.1) is 11.3 Å². The van der Waals surface area contributed by atoms with E-state index < -0.39 is 0 Å². The molecular weight excluding hydrogens is 162 g/mol. The Morgan fingerprint density at radius 2 is 2.38 bits per heavy atom. The van der Waals surface area contributed by atoms with Gasteiger partial charge in [0.2, 0.25) is 0 Å². The summed E-state index contributed by atoms with van der Waals surface area (Å²) in [5, 5.41) is 8.64. The first-order valence-electron chi connectivity index (χ1n) is 4.38. The lowest BCUT2D eigenvalue weighted by Crippen LogP contribution is -2.10. The van der Waals surface area contributed by atoms with E-state index in [1.165, 1.54) is 0 Å². The molecule has 13 heavy (non-hydrogen) atoms. The van der Waals surface area contributed by atoms with E-state index in [2.05, 4.69) is 11.9 Å². The molecule has 0 bridgehead atoms. The van der Waals surface area contributed by atoms with Crippen molar-refractivity contribution in [3.05, 3.63) is 29.6 Å². The lowest BCUT2D eigenvalue weighted by molar-refractivity contribution is 0.636. The summed E-state index contributed by atoms with van der Waals surface area (Å²) in [6, 6.07) is 3.85. The molecule has 1 aromatic heterocycles. The number of rotatable bonds is 3. The number of hydrogen-bond donors (Lipinski definition) is 1. The maximum Gasteiger partial charge on any atom is 0.101 e. The Bertz CT molecular complexity index is 314. The Kier molecular flexibility index (Phi) is 3.41. The first kappa shape index (κ1) is 9.69. The van der Waals surface area contributed by atoms with Crippen molar-refractivity contribution in [2.45, 2.75) is 25.8 Å². The van der Waals surface area contributed by atoms with Crippen molar-refractivity contribution >= 4 is 0 Å². The van der Waals surface area contributed by atoms with Crippen LogP contribution in [0.25, 0.3) is 0 Å². The monoisotopic (exact) mass is 175 g/mol. The van der Waals surface area contributed by atoms with E-state index in [0.717, 1.165) is 18.4 Å². The summed E-state index contributed by atoms with van der Waals surface area (Å²) < 4.78 is 0. The Morgan fingerprint density at radius 1 is 1.62 bits per heavy atom. The molecule has 0 aliphatic heterocycles. The molecule has 0 spiro atoms. The van der Waals surface area contributed by atoms with Crippen molar-refractivity contribution in [2.75, 3.05) is 0 Å². The van der Waals surface area contributed by atoms with Gasteiger partial charge < -0.3 is 5.73 Å². The zero-order valence-electron chi connectivity index (χ0n) is 7.70. The molecule has 3 heteroatoms. The summed E-state index contributed by atoms with van der Waals surface area (Å²) in [6.07, 6.45) is 5.23. The van der Waals surface area contributed by atoms with Crippen LogP contribution in [-0.4, -0.2) is 4.98 Å². The van der Waals surface area contributed by atoms with Crippen LogP contribution in [0.2, 0.25) is 0 Å². The Hall–Kier alpha value is -1.40. The van der Waals surface area contributed by atoms with Gasteiger partial charge >= 0.3 is 0 Å². The number of nitriles is 1. The van der Waals surface area contributed by atoms with Crippen LogP contribution in [-0.2, 0) is 0 Å². The second-order valence-electron chi connectivity index (χ2n) is 3.01. The highest BCUT2D eigenvalue weighted by atomic mass is 14.7. The van der Waals surface area contributed by atoms with Gasteiger partial charge in [0, 0.05) is 18.4 Å². The first-order chi connectivity index (χ1) is 6.27. The molecule has 1 rings (SSSR count). The fourth-order valence-corrected chi connectivity index (χ4v) is 1.20. The summed E-state index contributed by atoms with van der Waals surface area (Å²) in [5.41, 5.74) is 7.40. The average molecular weight is 175 g/mol. The average Bonchev–Trinajstić information content (AvgIpc) is 2.18. The Balaban J connectivity index is 2.83. The van der Waals surface area contributed by atoms with Gasteiger partial charge in [-0.2, -0.15) is 5.26 Å². The van der Waals surface area contributed by atoms with E-state index in [-0.39, 0.29) is 6.04 Å². The zero-order chi connectivity index (χ0) is 9.68. The van der Waals surface area contributed by atoms with E-state index in [0.29, 0.717) is 5.56 Å². The van der Waals surface area contributed by atoms with Crippen LogP contribution in [0.15, 0.2) is 18.5 Å². The van der Waals surface area contributed by atoms with Crippen molar-refractivity contribution in [1.29, 1.82) is 5.26 Å². The highest BCUT2D eigenvalue weighted by molar-refractivity contribution is 5.30. The SMILES string of the molecule is CCC[C@@H](N)c1cncc(C#N)c1. The van der Waals surface area contributed by atoms with Gasteiger partial charge in [-0.1, -0.05) is 13.3 Å². The predicted molar refractivity (Wildman–Crippen MR) is 50.8 cm³/mol. The standard InChI is InChI=1S/C10H13N3/c1-2-3-10(12)9-4-8(5-11)6-13-7-9/h4,6-7,10H,2-3,12H2,1H3/t10-/m1/s1. The summed E-state index contributed by atoms with van der Waals surface area (Å²) in [6.45, 7) is 2.08. The van der Waals surface area contributed by atoms with Gasteiger partial charge in [-0.25, -0.2) is 0 Å². The Morgan fingerprint density at radius 3 is 3.00 bits per heavy atom. The molecule has 2 N–H and O–H groups in total. The number of hydrogen-bond acceptors (Lipinski definition) is 3. The third-order valence-corrected chi connectivity index (χ3v) is 1.92. The minimum absolute atomic E-state index is 0.00537. The van der Waals surface area contributed by atoms with E-state index in [1.54, 1.807) is 18.5 Å². The molecule has 0 aromatic carbocycles. The van der Waals surface area contributed by atoms with Gasteiger partial charge in [-0.05, 0) is 18.1 Å². The Labute approximate surface area is 78.2 Å². The quantitative estimate of drug-likeness (QED) is 0.761. The summed E-state index contributed by atoms with van der Waals surface area (Å²) in [7, 11) is 0. The molecule has 0 saturated carbocycles. The van der Waals surface area contributed by atoms with Crippen molar-refractivity contribution < 1.29 is 0 Å². The third kappa shape index (κ3) is 2.53. The largest absolute Gasteiger partial charge is 0.324 e. The normalized spacial score (nSPS) is 12.1. The molecule has 0 radical (unpaired) electrons. The van der Waals surface area contributed by atoms with Crippen LogP contribution in [0.4, 0.5) is 0 Å². The summed E-state index contributed by atoms with van der Waals surface area (Å²) >= 11 is 0. The molecule has 0 fully saturated rings. The van der Waals surface area contributed by atoms with Crippen LogP contribution in [0.1, 0.15) is 36.9 Å².